The smallest absolute Gasteiger partial charge is 0.123 e. The van der Waals surface area contributed by atoms with Crippen molar-refractivity contribution in [1.82, 2.24) is 4.98 Å². The number of rotatable bonds is 5. The number of unbranched alkanes of at least 4 members (excludes halogenated alkanes) is 1. The lowest BCUT2D eigenvalue weighted by Gasteiger charge is -2.08. The van der Waals surface area contributed by atoms with Crippen molar-refractivity contribution in [2.75, 3.05) is 5.88 Å². The third-order valence-corrected chi connectivity index (χ3v) is 3.08. The van der Waals surface area contributed by atoms with E-state index in [0.29, 0.717) is 5.88 Å². The Balaban J connectivity index is 0.00000200. The molecule has 106 valence electrons. The molecule has 0 saturated carbocycles. The molecule has 0 aliphatic heterocycles. The van der Waals surface area contributed by atoms with E-state index in [1.165, 1.54) is 12.1 Å². The van der Waals surface area contributed by atoms with Gasteiger partial charge in [0, 0.05) is 23.8 Å². The van der Waals surface area contributed by atoms with E-state index in [-0.39, 0.29) is 18.2 Å². The first-order valence-corrected chi connectivity index (χ1v) is 6.77. The van der Waals surface area contributed by atoms with Crippen LogP contribution < -0.4 is 0 Å². The summed E-state index contributed by atoms with van der Waals surface area (Å²) in [4.78, 5) is 4.14. The Hall–Kier alpha value is -1.38. The van der Waals surface area contributed by atoms with Crippen LogP contribution in [0.4, 0.5) is 4.39 Å². The molecule has 1 aromatic carbocycles. The van der Waals surface area contributed by atoms with Gasteiger partial charge < -0.3 is 0 Å². The molecule has 1 heterocycles. The molecule has 2 rings (SSSR count). The van der Waals surface area contributed by atoms with Crippen molar-refractivity contribution in [2.24, 2.45) is 0 Å². The molecule has 0 aliphatic carbocycles. The number of hydrogen-bond acceptors (Lipinski definition) is 1. The number of nitrogens with zero attached hydrogens (tertiary/aromatic N) is 1. The Labute approximate surface area is 129 Å². The van der Waals surface area contributed by atoms with Gasteiger partial charge in [0.05, 0.1) is 0 Å². The fraction of sp³-hybridized carbons (Fsp3) is 0.188. The zero-order chi connectivity index (χ0) is 13.5. The summed E-state index contributed by atoms with van der Waals surface area (Å²) >= 11 is 5.71. The molecule has 4 heteroatoms. The van der Waals surface area contributed by atoms with Gasteiger partial charge in [0.25, 0.3) is 0 Å². The number of pyridine rings is 1. The molecule has 0 N–H and O–H groups in total. The van der Waals surface area contributed by atoms with Crippen molar-refractivity contribution >= 4 is 29.6 Å². The number of aromatic nitrogens is 1. The quantitative estimate of drug-likeness (QED) is 0.553. The van der Waals surface area contributed by atoms with Gasteiger partial charge in [-0.25, -0.2) is 4.39 Å². The predicted molar refractivity (Wildman–Crippen MR) is 84.9 cm³/mol. The fourth-order valence-corrected chi connectivity index (χ4v) is 2.03. The summed E-state index contributed by atoms with van der Waals surface area (Å²) in [7, 11) is 0. The first-order chi connectivity index (χ1) is 9.31. The van der Waals surface area contributed by atoms with E-state index >= 15 is 0 Å². The summed E-state index contributed by atoms with van der Waals surface area (Å²) in [5, 5.41) is 0. The van der Waals surface area contributed by atoms with Gasteiger partial charge in [0.15, 0.2) is 0 Å². The Morgan fingerprint density at radius 2 is 1.90 bits per heavy atom. The lowest BCUT2D eigenvalue weighted by atomic mass is 9.98. The van der Waals surface area contributed by atoms with Gasteiger partial charge in [-0.15, -0.1) is 24.0 Å². The molecule has 20 heavy (non-hydrogen) atoms. The third kappa shape index (κ3) is 4.62. The third-order valence-electron chi connectivity index (χ3n) is 2.81. The molecule has 0 saturated heterocycles. The zero-order valence-corrected chi connectivity index (χ0v) is 12.5. The highest BCUT2D eigenvalue weighted by Gasteiger charge is 2.05. The fourth-order valence-electron chi connectivity index (χ4n) is 1.88. The van der Waals surface area contributed by atoms with Crippen LogP contribution in [0, 0.1) is 5.82 Å². The SMILES string of the molecule is Cl.Fc1ccc(/C(=C/CCCCl)c2cccnc2)cc1. The molecule has 0 radical (unpaired) electrons. The molecule has 2 aromatic rings. The summed E-state index contributed by atoms with van der Waals surface area (Å²) in [5.74, 6) is 0.412. The standard InChI is InChI=1S/C16H15ClFN.ClH/c17-10-2-1-5-16(14-4-3-11-19-12-14)13-6-8-15(18)9-7-13;/h3-9,11-12H,1-2,10H2;1H/b16-5-;. The second-order valence-electron chi connectivity index (χ2n) is 4.20. The van der Waals surface area contributed by atoms with E-state index in [4.69, 9.17) is 11.6 Å². The second-order valence-corrected chi connectivity index (χ2v) is 4.58. The summed E-state index contributed by atoms with van der Waals surface area (Å²) in [6, 6.07) is 10.4. The molecule has 1 aromatic heterocycles. The summed E-state index contributed by atoms with van der Waals surface area (Å²) in [5.41, 5.74) is 3.09. The van der Waals surface area contributed by atoms with E-state index in [1.807, 2.05) is 18.3 Å². The first-order valence-electron chi connectivity index (χ1n) is 6.23. The molecule has 0 unspecified atom stereocenters. The first kappa shape index (κ1) is 16.7. The largest absolute Gasteiger partial charge is 0.264 e. The van der Waals surface area contributed by atoms with E-state index in [1.54, 1.807) is 18.3 Å². The van der Waals surface area contributed by atoms with Gasteiger partial charge in [0.1, 0.15) is 5.82 Å². The molecule has 0 aliphatic rings. The highest BCUT2D eigenvalue weighted by molar-refractivity contribution is 6.17. The van der Waals surface area contributed by atoms with Crippen molar-refractivity contribution < 1.29 is 4.39 Å². The predicted octanol–water partition coefficient (Wildman–Crippen LogP) is 5.09. The monoisotopic (exact) mass is 311 g/mol. The Kier molecular flexibility index (Phi) is 7.27. The van der Waals surface area contributed by atoms with Crippen molar-refractivity contribution in [3.05, 3.63) is 71.8 Å². The zero-order valence-electron chi connectivity index (χ0n) is 10.9. The van der Waals surface area contributed by atoms with Gasteiger partial charge in [-0.3, -0.25) is 4.98 Å². The Bertz CT molecular complexity index is 538. The molecular weight excluding hydrogens is 296 g/mol. The van der Waals surface area contributed by atoms with Gasteiger partial charge in [-0.2, -0.15) is 0 Å². The van der Waals surface area contributed by atoms with E-state index in [9.17, 15) is 4.39 Å². The maximum atomic E-state index is 13.0. The van der Waals surface area contributed by atoms with Gasteiger partial charge in [0.2, 0.25) is 0 Å². The van der Waals surface area contributed by atoms with Crippen LogP contribution in [-0.2, 0) is 0 Å². The van der Waals surface area contributed by atoms with Gasteiger partial charge in [-0.1, -0.05) is 24.3 Å². The summed E-state index contributed by atoms with van der Waals surface area (Å²) < 4.78 is 13.0. The number of hydrogen-bond donors (Lipinski definition) is 0. The Morgan fingerprint density at radius 3 is 2.50 bits per heavy atom. The van der Waals surface area contributed by atoms with Crippen LogP contribution >= 0.6 is 24.0 Å². The Morgan fingerprint density at radius 1 is 1.15 bits per heavy atom. The highest BCUT2D eigenvalue weighted by atomic mass is 35.5. The topological polar surface area (TPSA) is 12.9 Å². The van der Waals surface area contributed by atoms with Crippen LogP contribution in [-0.4, -0.2) is 10.9 Å². The minimum absolute atomic E-state index is 0. The van der Waals surface area contributed by atoms with E-state index in [2.05, 4.69) is 11.1 Å². The average Bonchev–Trinajstić information content (AvgIpc) is 2.46. The van der Waals surface area contributed by atoms with Crippen LogP contribution in [0.5, 0.6) is 0 Å². The van der Waals surface area contributed by atoms with Crippen LogP contribution in [0.3, 0.4) is 0 Å². The molecule has 0 spiro atoms. The van der Waals surface area contributed by atoms with Crippen molar-refractivity contribution in [2.45, 2.75) is 12.8 Å². The summed E-state index contributed by atoms with van der Waals surface area (Å²) in [6.07, 6.45) is 7.50. The van der Waals surface area contributed by atoms with Gasteiger partial charge in [-0.05, 0) is 42.2 Å². The molecule has 0 amide bonds. The number of alkyl halides is 1. The van der Waals surface area contributed by atoms with E-state index < -0.39 is 0 Å². The lowest BCUT2D eigenvalue weighted by molar-refractivity contribution is 0.627. The normalized spacial score (nSPS) is 11.0. The molecule has 0 atom stereocenters. The molecule has 0 fully saturated rings. The highest BCUT2D eigenvalue weighted by Crippen LogP contribution is 2.24. The second kappa shape index (κ2) is 8.72. The number of allylic oxidation sites excluding steroid dienone is 1. The summed E-state index contributed by atoms with van der Waals surface area (Å²) in [6.45, 7) is 0. The number of benzene rings is 1. The minimum Gasteiger partial charge on any atom is -0.264 e. The van der Waals surface area contributed by atoms with Crippen LogP contribution in [0.15, 0.2) is 54.9 Å². The van der Waals surface area contributed by atoms with Crippen molar-refractivity contribution in [1.29, 1.82) is 0 Å². The van der Waals surface area contributed by atoms with Crippen LogP contribution in [0.25, 0.3) is 5.57 Å². The minimum atomic E-state index is -0.227. The maximum absolute atomic E-state index is 13.0. The van der Waals surface area contributed by atoms with Crippen LogP contribution in [0.1, 0.15) is 24.0 Å². The maximum Gasteiger partial charge on any atom is 0.123 e. The van der Waals surface area contributed by atoms with Crippen molar-refractivity contribution in [3.63, 3.8) is 0 Å². The van der Waals surface area contributed by atoms with Gasteiger partial charge >= 0.3 is 0 Å². The van der Waals surface area contributed by atoms with Crippen LogP contribution in [0.2, 0.25) is 0 Å². The molecule has 1 nitrogen and oxygen atoms in total. The molecule has 0 bridgehead atoms. The van der Waals surface area contributed by atoms with E-state index in [0.717, 1.165) is 29.5 Å². The number of halogens is 3. The average molecular weight is 312 g/mol. The lowest BCUT2D eigenvalue weighted by Crippen LogP contribution is -1.90. The molecular formula is C16H16Cl2FN. The van der Waals surface area contributed by atoms with Crippen molar-refractivity contribution in [3.8, 4) is 0 Å².